The molecule has 1 amide bonds. The molecule has 0 aromatic heterocycles. The first kappa shape index (κ1) is 29.9. The highest BCUT2D eigenvalue weighted by molar-refractivity contribution is 6.51. The van der Waals surface area contributed by atoms with Gasteiger partial charge in [0, 0.05) is 35.6 Å². The number of rotatable bonds is 8. The van der Waals surface area contributed by atoms with Crippen LogP contribution in [0.2, 0.25) is 0 Å². The molecule has 0 bridgehead atoms. The fourth-order valence-electron chi connectivity index (χ4n) is 5.66. The predicted octanol–water partition coefficient (Wildman–Crippen LogP) is 7.47. The van der Waals surface area contributed by atoms with Crippen LogP contribution in [0.4, 0.5) is 11.4 Å². The summed E-state index contributed by atoms with van der Waals surface area (Å²) in [5, 5.41) is 11.8. The molecule has 3 aromatic rings. The van der Waals surface area contributed by atoms with E-state index < -0.39 is 17.7 Å². The summed E-state index contributed by atoms with van der Waals surface area (Å²) >= 11 is 0. The number of ketones is 1. The molecule has 41 heavy (non-hydrogen) atoms. The third-order valence-electron chi connectivity index (χ3n) is 7.63. The Labute approximate surface area is 244 Å². The van der Waals surface area contributed by atoms with Crippen molar-refractivity contribution in [1.29, 1.82) is 0 Å². The number of hydrogen-bond donors (Lipinski definition) is 1. The van der Waals surface area contributed by atoms with E-state index in [9.17, 15) is 14.7 Å². The zero-order chi connectivity index (χ0) is 30.1. The van der Waals surface area contributed by atoms with E-state index in [4.69, 9.17) is 4.74 Å². The number of aliphatic hydroxyl groups excluding tert-OH is 1. The average Bonchev–Trinajstić information content (AvgIpc) is 3.18. The largest absolute Gasteiger partial charge is 0.507 e. The van der Waals surface area contributed by atoms with Crippen LogP contribution in [0.1, 0.15) is 75.4 Å². The molecule has 6 heteroatoms. The lowest BCUT2D eigenvalue weighted by Gasteiger charge is -2.27. The fraction of sp³-hybridized carbons (Fsp3) is 0.371. The van der Waals surface area contributed by atoms with Gasteiger partial charge in [0.2, 0.25) is 0 Å². The number of carbonyl (C=O) groups excluding carboxylic acids is 2. The number of nitrogens with zero attached hydrogens (tertiary/aromatic N) is 2. The van der Waals surface area contributed by atoms with E-state index >= 15 is 0 Å². The highest BCUT2D eigenvalue weighted by Gasteiger charge is 2.47. The lowest BCUT2D eigenvalue weighted by Crippen LogP contribution is -2.29. The van der Waals surface area contributed by atoms with Crippen molar-refractivity contribution >= 4 is 28.8 Å². The van der Waals surface area contributed by atoms with Crippen LogP contribution < -0.4 is 14.5 Å². The molecule has 216 valence electrons. The summed E-state index contributed by atoms with van der Waals surface area (Å²) in [6, 6.07) is 18.4. The summed E-state index contributed by atoms with van der Waals surface area (Å²) < 4.78 is 5.87. The normalized spacial score (nSPS) is 16.8. The lowest BCUT2D eigenvalue weighted by molar-refractivity contribution is -0.132. The number of Topliss-reactive ketones (excluding diaryl/α,β-unsaturated/α-hetero) is 1. The molecule has 1 saturated heterocycles. The van der Waals surface area contributed by atoms with Gasteiger partial charge in [-0.25, -0.2) is 0 Å². The van der Waals surface area contributed by atoms with Crippen molar-refractivity contribution in [1.82, 2.24) is 0 Å². The van der Waals surface area contributed by atoms with Gasteiger partial charge in [0.15, 0.2) is 0 Å². The maximum atomic E-state index is 13.7. The van der Waals surface area contributed by atoms with Crippen LogP contribution in [0.3, 0.4) is 0 Å². The van der Waals surface area contributed by atoms with E-state index in [1.807, 2.05) is 75.4 Å². The quantitative estimate of drug-likeness (QED) is 0.178. The minimum atomic E-state index is -0.786. The molecule has 0 saturated carbocycles. The topological polar surface area (TPSA) is 70.1 Å². The molecule has 0 spiro atoms. The van der Waals surface area contributed by atoms with Crippen molar-refractivity contribution < 1.29 is 19.4 Å². The molecular weight excluding hydrogens is 512 g/mol. The van der Waals surface area contributed by atoms with Crippen molar-refractivity contribution in [2.75, 3.05) is 29.5 Å². The highest BCUT2D eigenvalue weighted by Crippen LogP contribution is 2.44. The Morgan fingerprint density at radius 1 is 0.902 bits per heavy atom. The van der Waals surface area contributed by atoms with E-state index in [1.165, 1.54) is 4.90 Å². The maximum Gasteiger partial charge on any atom is 0.300 e. The molecule has 6 nitrogen and oxygen atoms in total. The third-order valence-corrected chi connectivity index (χ3v) is 7.63. The second-order valence-corrected chi connectivity index (χ2v) is 11.7. The van der Waals surface area contributed by atoms with E-state index in [2.05, 4.69) is 39.5 Å². The van der Waals surface area contributed by atoms with Gasteiger partial charge >= 0.3 is 0 Å². The van der Waals surface area contributed by atoms with Gasteiger partial charge in [-0.2, -0.15) is 0 Å². The number of benzene rings is 3. The molecule has 1 unspecified atom stereocenters. The smallest absolute Gasteiger partial charge is 0.300 e. The van der Waals surface area contributed by atoms with Crippen molar-refractivity contribution in [3.8, 4) is 5.75 Å². The summed E-state index contributed by atoms with van der Waals surface area (Å²) in [6.45, 7) is 18.5. The van der Waals surface area contributed by atoms with Gasteiger partial charge in [0.1, 0.15) is 11.5 Å². The summed E-state index contributed by atoms with van der Waals surface area (Å²) in [5.41, 5.74) is 5.60. The van der Waals surface area contributed by atoms with Gasteiger partial charge in [-0.05, 0) is 99.2 Å². The van der Waals surface area contributed by atoms with Crippen molar-refractivity contribution in [3.05, 3.63) is 94.1 Å². The summed E-state index contributed by atoms with van der Waals surface area (Å²) in [4.78, 5) is 31.2. The number of anilines is 2. The van der Waals surface area contributed by atoms with Crippen LogP contribution in [0.25, 0.3) is 5.76 Å². The van der Waals surface area contributed by atoms with Crippen LogP contribution in [0.5, 0.6) is 5.75 Å². The molecule has 1 fully saturated rings. The Morgan fingerprint density at radius 3 is 2.05 bits per heavy atom. The number of ether oxygens (including phenoxy) is 1. The third kappa shape index (κ3) is 5.88. The van der Waals surface area contributed by atoms with Crippen molar-refractivity contribution in [2.45, 2.75) is 66.8 Å². The second kappa shape index (κ2) is 11.8. The van der Waals surface area contributed by atoms with Gasteiger partial charge in [-0.3, -0.25) is 14.5 Å². The monoisotopic (exact) mass is 554 g/mol. The lowest BCUT2D eigenvalue weighted by atomic mass is 9.84. The Balaban J connectivity index is 1.95. The average molecular weight is 555 g/mol. The Hall–Kier alpha value is -4.06. The first-order valence-corrected chi connectivity index (χ1v) is 14.4. The summed E-state index contributed by atoms with van der Waals surface area (Å²) in [6.07, 6.45) is 0. The standard InChI is InChI=1S/C35H42N2O4/c1-9-36(10-2)26-15-12-24(13-16-26)31-30(33(39)34(40)37(31)27-19-22(4)18-23(5)20-27)32(38)25-14-17-29(41-11-3)28(21-25)35(6,7)8/h12-21,31,38H,9-11H2,1-8H3/b32-30-. The van der Waals surface area contributed by atoms with E-state index in [0.717, 1.165) is 46.8 Å². The van der Waals surface area contributed by atoms with Gasteiger partial charge < -0.3 is 14.7 Å². The minimum absolute atomic E-state index is 0.0776. The number of aryl methyl sites for hydroxylation is 2. The van der Waals surface area contributed by atoms with Crippen LogP contribution in [-0.4, -0.2) is 36.5 Å². The number of hydrogen-bond acceptors (Lipinski definition) is 5. The minimum Gasteiger partial charge on any atom is -0.507 e. The number of amides is 1. The van der Waals surface area contributed by atoms with Crippen LogP contribution in [-0.2, 0) is 15.0 Å². The molecular formula is C35H42N2O4. The molecule has 0 radical (unpaired) electrons. The van der Waals surface area contributed by atoms with Crippen molar-refractivity contribution in [2.24, 2.45) is 0 Å². The maximum absolute atomic E-state index is 13.7. The van der Waals surface area contributed by atoms with Crippen molar-refractivity contribution in [3.63, 3.8) is 0 Å². The Kier molecular flexibility index (Phi) is 8.62. The van der Waals surface area contributed by atoms with Gasteiger partial charge in [-0.15, -0.1) is 0 Å². The Morgan fingerprint density at radius 2 is 1.51 bits per heavy atom. The molecule has 0 aliphatic carbocycles. The zero-order valence-electron chi connectivity index (χ0n) is 25.5. The molecule has 3 aromatic carbocycles. The molecule has 1 aliphatic rings. The molecule has 1 N–H and O–H groups in total. The zero-order valence-corrected chi connectivity index (χ0v) is 25.5. The molecule has 1 heterocycles. The molecule has 4 rings (SSSR count). The molecule has 1 aliphatic heterocycles. The van der Waals surface area contributed by atoms with Crippen LogP contribution in [0, 0.1) is 13.8 Å². The first-order chi connectivity index (χ1) is 19.4. The number of aliphatic hydroxyl groups is 1. The highest BCUT2D eigenvalue weighted by atomic mass is 16.5. The summed E-state index contributed by atoms with van der Waals surface area (Å²) in [5.74, 6) is -0.820. The van der Waals surface area contributed by atoms with Gasteiger partial charge in [-0.1, -0.05) is 39.0 Å². The van der Waals surface area contributed by atoms with Gasteiger partial charge in [0.05, 0.1) is 18.2 Å². The van der Waals surface area contributed by atoms with Gasteiger partial charge in [0.25, 0.3) is 11.7 Å². The van der Waals surface area contributed by atoms with Crippen LogP contribution in [0.15, 0.2) is 66.2 Å². The second-order valence-electron chi connectivity index (χ2n) is 11.7. The SMILES string of the molecule is CCOc1ccc(/C(O)=C2/C(=O)C(=O)N(c3cc(C)cc(C)c3)C2c2ccc(N(CC)CC)cc2)cc1C(C)(C)C. The Bertz CT molecular complexity index is 1460. The first-order valence-electron chi connectivity index (χ1n) is 14.4. The fourth-order valence-corrected chi connectivity index (χ4v) is 5.66. The van der Waals surface area contributed by atoms with E-state index in [-0.39, 0.29) is 16.7 Å². The summed E-state index contributed by atoms with van der Waals surface area (Å²) in [7, 11) is 0. The van der Waals surface area contributed by atoms with Crippen LogP contribution >= 0.6 is 0 Å². The predicted molar refractivity (Wildman–Crippen MR) is 167 cm³/mol. The van der Waals surface area contributed by atoms with E-state index in [0.29, 0.717) is 17.9 Å². The molecule has 1 atom stereocenters. The van der Waals surface area contributed by atoms with E-state index in [1.54, 1.807) is 6.07 Å². The number of carbonyl (C=O) groups is 2.